The van der Waals surface area contributed by atoms with Crippen LogP contribution in [-0.2, 0) is 0 Å². The van der Waals surface area contributed by atoms with Gasteiger partial charge in [0, 0.05) is 35.5 Å². The molecule has 0 unspecified atom stereocenters. The Labute approximate surface area is 295 Å². The van der Waals surface area contributed by atoms with Gasteiger partial charge in [0.25, 0.3) is 0 Å². The van der Waals surface area contributed by atoms with Crippen molar-refractivity contribution in [1.29, 1.82) is 0 Å². The maximum absolute atomic E-state index is 13.0. The van der Waals surface area contributed by atoms with E-state index in [9.17, 15) is 4.79 Å². The van der Waals surface area contributed by atoms with Crippen LogP contribution in [0.5, 0.6) is 0 Å². The standard InChI is InChI=1S/C34H42N2O.C8H10N2.C2H6/c1-4-5-6-11-34(37)28-18-19-30(26-14-12-25(13-15-26)29-10-8-7-9-23(29)2)33(22-28)35-24(3)31-20-21-32(36-31)27-16-17-27;1-6-4-3-5-8(10-6)7(2)9;1-2/h7-10,18-20,22,25-27,35H,3-6,11-17,21H2,1-2H3;3-5H,2,9H2,1H3;1-2H3. The number of nitrogens with one attached hydrogen (secondary N) is 1. The summed E-state index contributed by atoms with van der Waals surface area (Å²) in [7, 11) is 0. The summed E-state index contributed by atoms with van der Waals surface area (Å²) < 4.78 is 0. The van der Waals surface area contributed by atoms with Crippen LogP contribution >= 0.6 is 0 Å². The molecule has 2 aromatic carbocycles. The Morgan fingerprint density at radius 2 is 1.53 bits per heavy atom. The minimum absolute atomic E-state index is 0.242. The molecule has 1 aromatic heterocycles. The number of benzene rings is 2. The number of carbonyl (C=O) groups is 1. The molecule has 2 fully saturated rings. The molecule has 49 heavy (non-hydrogen) atoms. The Morgan fingerprint density at radius 1 is 0.857 bits per heavy atom. The molecule has 3 aliphatic rings. The third-order valence-corrected chi connectivity index (χ3v) is 9.81. The van der Waals surface area contributed by atoms with E-state index < -0.39 is 0 Å². The molecule has 5 nitrogen and oxygen atoms in total. The fourth-order valence-electron chi connectivity index (χ4n) is 6.90. The van der Waals surface area contributed by atoms with E-state index in [4.69, 9.17) is 10.7 Å². The number of hydrogen-bond acceptors (Lipinski definition) is 5. The molecule has 2 heterocycles. The lowest BCUT2D eigenvalue weighted by Crippen LogP contribution is -2.15. The smallest absolute Gasteiger partial charge is 0.162 e. The van der Waals surface area contributed by atoms with Crippen molar-refractivity contribution in [1.82, 2.24) is 4.98 Å². The van der Waals surface area contributed by atoms with Crippen molar-refractivity contribution in [2.24, 2.45) is 16.6 Å². The van der Waals surface area contributed by atoms with E-state index >= 15 is 0 Å². The van der Waals surface area contributed by atoms with E-state index in [2.05, 4.69) is 85.8 Å². The number of carbonyl (C=O) groups excluding carboxylic acids is 1. The molecule has 0 amide bonds. The first-order valence-corrected chi connectivity index (χ1v) is 18.6. The van der Waals surface area contributed by atoms with Gasteiger partial charge in [-0.2, -0.15) is 0 Å². The van der Waals surface area contributed by atoms with Crippen molar-refractivity contribution in [2.45, 2.75) is 117 Å². The zero-order valence-electron chi connectivity index (χ0n) is 30.7. The summed E-state index contributed by atoms with van der Waals surface area (Å²) in [5.74, 6) is 2.06. The van der Waals surface area contributed by atoms with Gasteiger partial charge in [0.15, 0.2) is 5.78 Å². The van der Waals surface area contributed by atoms with Crippen LogP contribution in [0.25, 0.3) is 5.70 Å². The van der Waals surface area contributed by atoms with Gasteiger partial charge in [-0.05, 0) is 111 Å². The summed E-state index contributed by atoms with van der Waals surface area (Å²) in [6, 6.07) is 20.9. The quantitative estimate of drug-likeness (QED) is 0.150. The highest BCUT2D eigenvalue weighted by atomic mass is 16.1. The van der Waals surface area contributed by atoms with Gasteiger partial charge in [-0.25, -0.2) is 0 Å². The Bertz CT molecular complexity index is 1650. The number of allylic oxidation sites excluding steroid dienone is 1. The number of unbranched alkanes of at least 4 members (excludes halogenated alkanes) is 2. The largest absolute Gasteiger partial charge is 0.397 e. The Hall–Kier alpha value is -4.25. The van der Waals surface area contributed by atoms with Crippen molar-refractivity contribution in [2.75, 3.05) is 5.32 Å². The molecule has 0 spiro atoms. The number of hydrogen-bond donors (Lipinski definition) is 2. The molecular formula is C44H58N4O. The van der Waals surface area contributed by atoms with Crippen LogP contribution in [0.3, 0.4) is 0 Å². The highest BCUT2D eigenvalue weighted by molar-refractivity contribution is 5.97. The molecule has 0 atom stereocenters. The van der Waals surface area contributed by atoms with Crippen LogP contribution in [0.15, 0.2) is 96.3 Å². The number of anilines is 1. The lowest BCUT2D eigenvalue weighted by Gasteiger charge is -2.31. The van der Waals surface area contributed by atoms with Gasteiger partial charge in [0.1, 0.15) is 0 Å². The normalized spacial score (nSPS) is 18.1. The summed E-state index contributed by atoms with van der Waals surface area (Å²) in [5, 5.41) is 3.62. The minimum atomic E-state index is 0.242. The van der Waals surface area contributed by atoms with Crippen molar-refractivity contribution < 1.29 is 4.79 Å². The maximum atomic E-state index is 13.0. The highest BCUT2D eigenvalue weighted by Crippen LogP contribution is 2.44. The van der Waals surface area contributed by atoms with Gasteiger partial charge in [-0.3, -0.25) is 14.8 Å². The molecule has 1 aliphatic heterocycles. The predicted octanol–water partition coefficient (Wildman–Crippen LogP) is 11.6. The number of nitrogens with zero attached hydrogens (tertiary/aromatic N) is 2. The second-order valence-corrected chi connectivity index (χ2v) is 13.6. The van der Waals surface area contributed by atoms with Gasteiger partial charge < -0.3 is 11.1 Å². The van der Waals surface area contributed by atoms with E-state index in [0.29, 0.717) is 29.9 Å². The third kappa shape index (κ3) is 10.6. The Morgan fingerprint density at radius 3 is 2.14 bits per heavy atom. The van der Waals surface area contributed by atoms with Crippen molar-refractivity contribution >= 4 is 22.9 Å². The summed E-state index contributed by atoms with van der Waals surface area (Å²) in [6.07, 6.45) is 14.2. The molecule has 0 bridgehead atoms. The van der Waals surface area contributed by atoms with Gasteiger partial charge in [0.05, 0.1) is 22.8 Å². The number of pyridine rings is 1. The van der Waals surface area contributed by atoms with Crippen LogP contribution in [0.2, 0.25) is 0 Å². The average Bonchev–Trinajstić information content (AvgIpc) is 3.85. The van der Waals surface area contributed by atoms with Gasteiger partial charge in [-0.1, -0.05) is 95.3 Å². The zero-order valence-corrected chi connectivity index (χ0v) is 30.7. The summed E-state index contributed by atoms with van der Waals surface area (Å²) in [4.78, 5) is 22.0. The summed E-state index contributed by atoms with van der Waals surface area (Å²) in [5.41, 5.74) is 16.9. The molecule has 0 saturated heterocycles. The highest BCUT2D eigenvalue weighted by Gasteiger charge is 2.30. The number of Topliss-reactive ketones (excluding diaryl/α,β-unsaturated/α-hetero) is 1. The van der Waals surface area contributed by atoms with E-state index in [0.717, 1.165) is 72.6 Å². The number of nitrogens with two attached hydrogens (primary N) is 1. The van der Waals surface area contributed by atoms with Crippen molar-refractivity contribution in [3.63, 3.8) is 0 Å². The zero-order chi connectivity index (χ0) is 35.3. The number of aliphatic imine (C=N–C) groups is 1. The second-order valence-electron chi connectivity index (χ2n) is 13.6. The van der Waals surface area contributed by atoms with Crippen LogP contribution < -0.4 is 11.1 Å². The maximum Gasteiger partial charge on any atom is 0.162 e. The first kappa shape index (κ1) is 37.6. The molecule has 3 N–H and O–H groups in total. The van der Waals surface area contributed by atoms with Crippen molar-refractivity contribution in [3.05, 3.63) is 125 Å². The molecule has 3 aromatic rings. The lowest BCUT2D eigenvalue weighted by atomic mass is 9.75. The summed E-state index contributed by atoms with van der Waals surface area (Å²) >= 11 is 0. The fourth-order valence-corrected chi connectivity index (χ4v) is 6.90. The molecular weight excluding hydrogens is 601 g/mol. The molecule has 5 heteroatoms. The SMILES string of the molecule is C=C(N)c1cccc(C)n1.C=C(Nc1cc(C(=O)CCCCC)ccc1C1CCC(c2ccccc2C)CC1)C1=CCC(C2CC2)=N1.CC. The number of rotatable bonds is 12. The van der Waals surface area contributed by atoms with Gasteiger partial charge in [0.2, 0.25) is 0 Å². The van der Waals surface area contributed by atoms with E-state index in [1.54, 1.807) is 0 Å². The molecule has 260 valence electrons. The van der Waals surface area contributed by atoms with Crippen molar-refractivity contribution in [3.8, 4) is 0 Å². The molecule has 6 rings (SSSR count). The Balaban J connectivity index is 0.000000384. The second kappa shape index (κ2) is 18.5. The van der Waals surface area contributed by atoms with E-state index in [-0.39, 0.29) is 5.78 Å². The lowest BCUT2D eigenvalue weighted by molar-refractivity contribution is 0.0979. The molecule has 2 aliphatic carbocycles. The summed E-state index contributed by atoms with van der Waals surface area (Å²) in [6.45, 7) is 18.3. The van der Waals surface area contributed by atoms with Gasteiger partial charge >= 0.3 is 0 Å². The molecule has 2 saturated carbocycles. The Kier molecular flexibility index (Phi) is 14.2. The number of aryl methyl sites for hydroxylation is 2. The van der Waals surface area contributed by atoms with Crippen LogP contribution in [0.1, 0.15) is 142 Å². The number of ketones is 1. The van der Waals surface area contributed by atoms with Crippen LogP contribution in [0, 0.1) is 19.8 Å². The van der Waals surface area contributed by atoms with Crippen LogP contribution in [0.4, 0.5) is 5.69 Å². The predicted molar refractivity (Wildman–Crippen MR) is 209 cm³/mol. The first-order chi connectivity index (χ1) is 23.7. The van der Waals surface area contributed by atoms with E-state index in [1.807, 2.05) is 39.0 Å². The van der Waals surface area contributed by atoms with Gasteiger partial charge in [-0.15, -0.1) is 0 Å². The number of aromatic nitrogens is 1. The van der Waals surface area contributed by atoms with E-state index in [1.165, 1.54) is 48.1 Å². The topological polar surface area (TPSA) is 80.4 Å². The fraction of sp³-hybridized carbons (Fsp3) is 0.432. The monoisotopic (exact) mass is 658 g/mol. The first-order valence-electron chi connectivity index (χ1n) is 18.6. The minimum Gasteiger partial charge on any atom is -0.397 e. The van der Waals surface area contributed by atoms with Crippen LogP contribution in [-0.4, -0.2) is 16.5 Å². The molecule has 0 radical (unpaired) electrons. The third-order valence-electron chi connectivity index (χ3n) is 9.81. The average molecular weight is 659 g/mol.